The molecule has 0 bridgehead atoms. The molecular weight excluding hydrogens is 384 g/mol. The third-order valence-corrected chi connectivity index (χ3v) is 5.54. The molecule has 1 amide bonds. The first-order valence-electron chi connectivity index (χ1n) is 8.10. The zero-order valence-corrected chi connectivity index (χ0v) is 16.0. The largest absolute Gasteiger partial charge is 0.322 e. The summed E-state index contributed by atoms with van der Waals surface area (Å²) in [6.45, 7) is 1.96. The van der Waals surface area contributed by atoms with Gasteiger partial charge in [0.25, 0.3) is 15.9 Å². The lowest BCUT2D eigenvalue weighted by Gasteiger charge is -2.11. The van der Waals surface area contributed by atoms with Gasteiger partial charge in [-0.15, -0.1) is 0 Å². The Kier molecular flexibility index (Phi) is 5.48. The van der Waals surface area contributed by atoms with Gasteiger partial charge < -0.3 is 5.32 Å². The number of hydrogen-bond donors (Lipinski definition) is 2. The van der Waals surface area contributed by atoms with E-state index in [2.05, 4.69) is 10.0 Å². The van der Waals surface area contributed by atoms with Crippen LogP contribution in [0.3, 0.4) is 0 Å². The van der Waals surface area contributed by atoms with Gasteiger partial charge in [0.05, 0.1) is 21.2 Å². The van der Waals surface area contributed by atoms with Gasteiger partial charge in [0.1, 0.15) is 0 Å². The molecule has 138 valence electrons. The molecule has 3 aromatic rings. The topological polar surface area (TPSA) is 75.3 Å². The van der Waals surface area contributed by atoms with E-state index in [9.17, 15) is 13.2 Å². The Morgan fingerprint density at radius 3 is 2.15 bits per heavy atom. The Hall–Kier alpha value is -2.83. The third-order valence-electron chi connectivity index (χ3n) is 3.83. The highest BCUT2D eigenvalue weighted by Gasteiger charge is 2.16. The van der Waals surface area contributed by atoms with Crippen LogP contribution in [0.5, 0.6) is 0 Å². The number of anilines is 2. The van der Waals surface area contributed by atoms with Crippen molar-refractivity contribution in [1.29, 1.82) is 0 Å². The van der Waals surface area contributed by atoms with Crippen molar-refractivity contribution in [3.63, 3.8) is 0 Å². The lowest BCUT2D eigenvalue weighted by Crippen LogP contribution is -2.14. The van der Waals surface area contributed by atoms with Crippen LogP contribution in [-0.4, -0.2) is 14.3 Å². The maximum Gasteiger partial charge on any atom is 0.261 e. The number of carbonyl (C=O) groups excluding carboxylic acids is 1. The monoisotopic (exact) mass is 400 g/mol. The summed E-state index contributed by atoms with van der Waals surface area (Å²) >= 11 is 6.19. The number of carbonyl (C=O) groups is 1. The van der Waals surface area contributed by atoms with Crippen molar-refractivity contribution < 1.29 is 13.2 Å². The number of sulfonamides is 1. The van der Waals surface area contributed by atoms with Crippen LogP contribution < -0.4 is 10.0 Å². The van der Waals surface area contributed by atoms with Gasteiger partial charge in [-0.3, -0.25) is 9.52 Å². The predicted octanol–water partition coefficient (Wildman–Crippen LogP) is 4.70. The Morgan fingerprint density at radius 1 is 0.889 bits per heavy atom. The Labute approximate surface area is 163 Å². The maximum atomic E-state index is 12.4. The van der Waals surface area contributed by atoms with Gasteiger partial charge in [0.2, 0.25) is 0 Å². The molecule has 3 aromatic carbocycles. The number of rotatable bonds is 5. The number of nitrogens with one attached hydrogen (secondary N) is 2. The van der Waals surface area contributed by atoms with Crippen LogP contribution in [0, 0.1) is 6.92 Å². The fourth-order valence-corrected chi connectivity index (χ4v) is 3.75. The van der Waals surface area contributed by atoms with Crippen molar-refractivity contribution in [1.82, 2.24) is 0 Å². The summed E-state index contributed by atoms with van der Waals surface area (Å²) in [5.41, 5.74) is 2.26. The summed E-state index contributed by atoms with van der Waals surface area (Å²) in [6.07, 6.45) is 0. The second-order valence-electron chi connectivity index (χ2n) is 5.93. The summed E-state index contributed by atoms with van der Waals surface area (Å²) in [5.74, 6) is -0.374. The van der Waals surface area contributed by atoms with Crippen molar-refractivity contribution in [2.75, 3.05) is 10.0 Å². The Bertz CT molecular complexity index is 1070. The molecule has 7 heteroatoms. The number of hydrogen-bond acceptors (Lipinski definition) is 3. The summed E-state index contributed by atoms with van der Waals surface area (Å²) in [5, 5.41) is 2.90. The second-order valence-corrected chi connectivity index (χ2v) is 8.02. The van der Waals surface area contributed by atoms with Crippen LogP contribution in [0.1, 0.15) is 15.9 Å². The molecule has 0 atom stereocenters. The molecular formula is C20H17ClN2O3S. The molecule has 5 nitrogen and oxygen atoms in total. The van der Waals surface area contributed by atoms with Crippen LogP contribution in [0.15, 0.2) is 77.7 Å². The van der Waals surface area contributed by atoms with E-state index in [0.717, 1.165) is 5.56 Å². The normalized spacial score (nSPS) is 11.0. The molecule has 2 N–H and O–H groups in total. The standard InChI is InChI=1S/C20H17ClN2O3S/c1-14-7-9-15(10-8-14)22-20(24)18-12-11-16(13-19(18)21)23-27(25,26)17-5-3-2-4-6-17/h2-13,23H,1H3,(H,22,24). The predicted molar refractivity (Wildman–Crippen MR) is 108 cm³/mol. The van der Waals surface area contributed by atoms with E-state index in [-0.39, 0.29) is 27.1 Å². The van der Waals surface area contributed by atoms with Crippen LogP contribution in [0.2, 0.25) is 5.02 Å². The van der Waals surface area contributed by atoms with E-state index in [1.165, 1.54) is 30.3 Å². The maximum absolute atomic E-state index is 12.4. The first-order valence-corrected chi connectivity index (χ1v) is 9.97. The molecule has 0 saturated heterocycles. The highest BCUT2D eigenvalue weighted by atomic mass is 35.5. The van der Waals surface area contributed by atoms with E-state index < -0.39 is 10.0 Å². The van der Waals surface area contributed by atoms with Gasteiger partial charge in [0, 0.05) is 5.69 Å². The summed E-state index contributed by atoms with van der Waals surface area (Å²) in [7, 11) is -3.73. The average Bonchev–Trinajstić information content (AvgIpc) is 2.64. The Balaban J connectivity index is 1.77. The number of halogens is 1. The minimum atomic E-state index is -3.73. The minimum Gasteiger partial charge on any atom is -0.322 e. The summed E-state index contributed by atoms with van der Waals surface area (Å²) in [4.78, 5) is 12.5. The number of amides is 1. The quantitative estimate of drug-likeness (QED) is 0.651. The molecule has 3 rings (SSSR count). The van der Waals surface area contributed by atoms with Gasteiger partial charge >= 0.3 is 0 Å². The molecule has 0 fully saturated rings. The lowest BCUT2D eigenvalue weighted by molar-refractivity contribution is 0.102. The number of aryl methyl sites for hydroxylation is 1. The first kappa shape index (κ1) is 18.9. The smallest absolute Gasteiger partial charge is 0.261 e. The zero-order valence-electron chi connectivity index (χ0n) is 14.4. The zero-order chi connectivity index (χ0) is 19.4. The number of benzene rings is 3. The second kappa shape index (κ2) is 7.82. The van der Waals surface area contributed by atoms with Crippen molar-refractivity contribution in [2.45, 2.75) is 11.8 Å². The van der Waals surface area contributed by atoms with E-state index in [0.29, 0.717) is 5.69 Å². The van der Waals surface area contributed by atoms with Gasteiger partial charge in [0.15, 0.2) is 0 Å². The third kappa shape index (κ3) is 4.67. The fraction of sp³-hybridized carbons (Fsp3) is 0.0500. The van der Waals surface area contributed by atoms with Gasteiger partial charge in [-0.25, -0.2) is 8.42 Å². The fourth-order valence-electron chi connectivity index (χ4n) is 2.41. The molecule has 0 heterocycles. The van der Waals surface area contributed by atoms with Crippen LogP contribution >= 0.6 is 11.6 Å². The minimum absolute atomic E-state index is 0.141. The SMILES string of the molecule is Cc1ccc(NC(=O)c2ccc(NS(=O)(=O)c3ccccc3)cc2Cl)cc1. The van der Waals surface area contributed by atoms with Gasteiger partial charge in [-0.1, -0.05) is 47.5 Å². The molecule has 0 aliphatic rings. The van der Waals surface area contributed by atoms with E-state index in [1.807, 2.05) is 19.1 Å². The first-order chi connectivity index (χ1) is 12.8. The van der Waals surface area contributed by atoms with E-state index in [1.54, 1.807) is 30.3 Å². The molecule has 0 aliphatic carbocycles. The molecule has 0 aromatic heterocycles. The van der Waals surface area contributed by atoms with Crippen molar-refractivity contribution in [3.8, 4) is 0 Å². The molecule has 0 radical (unpaired) electrons. The van der Waals surface area contributed by atoms with Crippen molar-refractivity contribution in [2.24, 2.45) is 0 Å². The molecule has 0 aliphatic heterocycles. The van der Waals surface area contributed by atoms with E-state index >= 15 is 0 Å². The molecule has 0 spiro atoms. The lowest BCUT2D eigenvalue weighted by atomic mass is 10.1. The average molecular weight is 401 g/mol. The summed E-state index contributed by atoms with van der Waals surface area (Å²) in [6, 6.07) is 19.7. The summed E-state index contributed by atoms with van der Waals surface area (Å²) < 4.78 is 27.2. The van der Waals surface area contributed by atoms with Crippen LogP contribution in [0.4, 0.5) is 11.4 Å². The highest BCUT2D eigenvalue weighted by Crippen LogP contribution is 2.24. The van der Waals surface area contributed by atoms with Gasteiger partial charge in [-0.2, -0.15) is 0 Å². The van der Waals surface area contributed by atoms with Crippen molar-refractivity contribution >= 4 is 38.9 Å². The van der Waals surface area contributed by atoms with Gasteiger partial charge in [-0.05, 0) is 49.4 Å². The highest BCUT2D eigenvalue weighted by molar-refractivity contribution is 7.92. The van der Waals surface area contributed by atoms with E-state index in [4.69, 9.17) is 11.6 Å². The molecule has 0 unspecified atom stereocenters. The Morgan fingerprint density at radius 2 is 1.52 bits per heavy atom. The molecule has 0 saturated carbocycles. The van der Waals surface area contributed by atoms with Crippen LogP contribution in [0.25, 0.3) is 0 Å². The van der Waals surface area contributed by atoms with Crippen LogP contribution in [-0.2, 0) is 10.0 Å². The molecule has 27 heavy (non-hydrogen) atoms. The van der Waals surface area contributed by atoms with Crippen molar-refractivity contribution in [3.05, 3.63) is 88.9 Å².